The molecule has 1 heterocycles. The van der Waals surface area contributed by atoms with Crippen LogP contribution in [-0.4, -0.2) is 33.2 Å². The average molecular weight is 459 g/mol. The van der Waals surface area contributed by atoms with E-state index in [1.807, 2.05) is 32.0 Å². The van der Waals surface area contributed by atoms with Gasteiger partial charge in [0.2, 0.25) is 5.91 Å². The fraction of sp³-hybridized carbons (Fsp3) is 0.261. The van der Waals surface area contributed by atoms with Crippen molar-refractivity contribution in [1.29, 1.82) is 0 Å². The number of rotatable bonds is 10. The van der Waals surface area contributed by atoms with Crippen LogP contribution in [0.1, 0.15) is 16.9 Å². The van der Waals surface area contributed by atoms with E-state index >= 15 is 0 Å². The summed E-state index contributed by atoms with van der Waals surface area (Å²) in [4.78, 5) is 12.8. The number of nitrogens with one attached hydrogen (secondary N) is 1. The van der Waals surface area contributed by atoms with Crippen molar-refractivity contribution in [3.05, 3.63) is 83.8 Å². The first kappa shape index (κ1) is 23.0. The molecule has 31 heavy (non-hydrogen) atoms. The normalized spacial score (nSPS) is 11.3. The number of furan rings is 1. The fourth-order valence-electron chi connectivity index (χ4n) is 3.15. The number of hydrogen-bond acceptors (Lipinski definition) is 5. The Balaban J connectivity index is 1.70. The van der Waals surface area contributed by atoms with Gasteiger partial charge in [-0.15, -0.1) is 0 Å². The first-order valence-corrected chi connectivity index (χ1v) is 12.5. The van der Waals surface area contributed by atoms with Crippen molar-refractivity contribution < 1.29 is 17.6 Å². The lowest BCUT2D eigenvalue weighted by atomic mass is 10.1. The first-order valence-electron chi connectivity index (χ1n) is 9.89. The number of hydrogen-bond donors (Lipinski definition) is 1. The van der Waals surface area contributed by atoms with Crippen LogP contribution in [0.15, 0.2) is 76.2 Å². The summed E-state index contributed by atoms with van der Waals surface area (Å²) in [5, 5.41) is 2.82. The summed E-state index contributed by atoms with van der Waals surface area (Å²) in [7, 11) is -3.89. The Morgan fingerprint density at radius 3 is 2.39 bits per heavy atom. The van der Waals surface area contributed by atoms with Crippen molar-refractivity contribution in [2.75, 3.05) is 23.1 Å². The minimum absolute atomic E-state index is 0.149. The fourth-order valence-corrected chi connectivity index (χ4v) is 5.33. The third kappa shape index (κ3) is 6.38. The Bertz CT molecular complexity index is 1080. The van der Waals surface area contributed by atoms with Gasteiger partial charge in [-0.25, -0.2) is 8.42 Å². The molecule has 2 aromatic carbocycles. The van der Waals surface area contributed by atoms with Crippen LogP contribution < -0.4 is 9.62 Å². The molecule has 0 aliphatic rings. The number of thioether (sulfide) groups is 1. The summed E-state index contributed by atoms with van der Waals surface area (Å²) < 4.78 is 33.1. The van der Waals surface area contributed by atoms with Crippen molar-refractivity contribution in [2.24, 2.45) is 0 Å². The van der Waals surface area contributed by atoms with Crippen LogP contribution in [-0.2, 0) is 20.6 Å². The summed E-state index contributed by atoms with van der Waals surface area (Å²) in [6, 6.07) is 17.4. The smallest absolute Gasteiger partial charge is 0.264 e. The lowest BCUT2D eigenvalue weighted by Gasteiger charge is -2.25. The Labute approximate surface area is 187 Å². The van der Waals surface area contributed by atoms with Gasteiger partial charge in [0.05, 0.1) is 22.6 Å². The minimum Gasteiger partial charge on any atom is -0.468 e. The zero-order valence-electron chi connectivity index (χ0n) is 17.6. The maximum absolute atomic E-state index is 13.3. The summed E-state index contributed by atoms with van der Waals surface area (Å²) in [5.74, 6) is 1.95. The number of carbonyl (C=O) groups excluding carboxylic acids is 1. The highest BCUT2D eigenvalue weighted by molar-refractivity contribution is 7.98. The molecule has 0 bridgehead atoms. The van der Waals surface area contributed by atoms with Gasteiger partial charge in [-0.05, 0) is 61.4 Å². The van der Waals surface area contributed by atoms with Crippen LogP contribution in [0.2, 0.25) is 0 Å². The molecule has 1 N–H and O–H groups in total. The van der Waals surface area contributed by atoms with Gasteiger partial charge >= 0.3 is 0 Å². The van der Waals surface area contributed by atoms with Crippen molar-refractivity contribution in [3.63, 3.8) is 0 Å². The van der Waals surface area contributed by atoms with Gasteiger partial charge in [0.15, 0.2) is 0 Å². The topological polar surface area (TPSA) is 79.6 Å². The Morgan fingerprint density at radius 1 is 1.03 bits per heavy atom. The number of aryl methyl sites for hydroxylation is 2. The zero-order chi connectivity index (χ0) is 22.3. The molecule has 0 aliphatic carbocycles. The van der Waals surface area contributed by atoms with Crippen LogP contribution in [0.3, 0.4) is 0 Å². The average Bonchev–Trinajstić information content (AvgIpc) is 3.25. The van der Waals surface area contributed by atoms with Crippen LogP contribution >= 0.6 is 11.8 Å². The molecule has 8 heteroatoms. The second-order valence-electron chi connectivity index (χ2n) is 7.15. The number of amides is 1. The molecule has 3 aromatic rings. The lowest BCUT2D eigenvalue weighted by Crippen LogP contribution is -2.41. The second-order valence-corrected chi connectivity index (χ2v) is 10.1. The SMILES string of the molecule is Cc1cc(C)cc(N(CC(=O)NCCSCc2ccco2)S(=O)(=O)c2ccccc2)c1. The van der Waals surface area contributed by atoms with Crippen molar-refractivity contribution in [1.82, 2.24) is 5.32 Å². The maximum Gasteiger partial charge on any atom is 0.264 e. The van der Waals surface area contributed by atoms with Crippen molar-refractivity contribution in [3.8, 4) is 0 Å². The Hall–Kier alpha value is -2.71. The van der Waals surface area contributed by atoms with Gasteiger partial charge in [0.1, 0.15) is 12.3 Å². The molecule has 0 unspecified atom stereocenters. The first-order chi connectivity index (χ1) is 14.9. The van der Waals surface area contributed by atoms with E-state index < -0.39 is 10.0 Å². The predicted molar refractivity (Wildman–Crippen MR) is 125 cm³/mol. The van der Waals surface area contributed by atoms with Gasteiger partial charge in [0, 0.05) is 12.3 Å². The minimum atomic E-state index is -3.89. The quantitative estimate of drug-likeness (QED) is 0.462. The second kappa shape index (κ2) is 10.5. The molecule has 0 atom stereocenters. The molecule has 0 saturated heterocycles. The Kier molecular flexibility index (Phi) is 7.81. The summed E-state index contributed by atoms with van der Waals surface area (Å²) in [6.07, 6.45) is 1.63. The van der Waals surface area contributed by atoms with Gasteiger partial charge in [-0.2, -0.15) is 11.8 Å². The summed E-state index contributed by atoms with van der Waals surface area (Å²) >= 11 is 1.63. The van der Waals surface area contributed by atoms with Crippen LogP contribution in [0.5, 0.6) is 0 Å². The molecule has 0 spiro atoms. The van der Waals surface area contributed by atoms with Crippen molar-refractivity contribution in [2.45, 2.75) is 24.5 Å². The van der Waals surface area contributed by atoms with Crippen molar-refractivity contribution >= 4 is 33.4 Å². The highest BCUT2D eigenvalue weighted by Crippen LogP contribution is 2.25. The van der Waals surface area contributed by atoms with E-state index in [1.54, 1.807) is 48.4 Å². The van der Waals surface area contributed by atoms with E-state index in [0.717, 1.165) is 22.6 Å². The molecule has 0 saturated carbocycles. The van der Waals surface area contributed by atoms with Gasteiger partial charge in [-0.1, -0.05) is 24.3 Å². The third-order valence-corrected chi connectivity index (χ3v) is 7.28. The predicted octanol–water partition coefficient (Wildman–Crippen LogP) is 4.14. The van der Waals surface area contributed by atoms with E-state index in [4.69, 9.17) is 4.42 Å². The van der Waals surface area contributed by atoms with E-state index in [-0.39, 0.29) is 17.3 Å². The highest BCUT2D eigenvalue weighted by Gasteiger charge is 2.27. The molecule has 164 valence electrons. The third-order valence-electron chi connectivity index (χ3n) is 4.51. The maximum atomic E-state index is 13.3. The molecule has 6 nitrogen and oxygen atoms in total. The number of sulfonamides is 1. The monoisotopic (exact) mass is 458 g/mol. The molecule has 0 aliphatic heterocycles. The highest BCUT2D eigenvalue weighted by atomic mass is 32.2. The molecule has 1 amide bonds. The van der Waals surface area contributed by atoms with Gasteiger partial charge in [-0.3, -0.25) is 9.10 Å². The number of benzene rings is 2. The summed E-state index contributed by atoms with van der Waals surface area (Å²) in [5.41, 5.74) is 2.33. The molecule has 1 aromatic heterocycles. The molecule has 0 fully saturated rings. The van der Waals surface area contributed by atoms with E-state index in [0.29, 0.717) is 18.0 Å². The molecular formula is C23H26N2O4S2. The van der Waals surface area contributed by atoms with Gasteiger partial charge in [0.25, 0.3) is 10.0 Å². The standard InChI is InChI=1S/C23H26N2O4S2/c1-18-13-19(2)15-20(14-18)25(31(27,28)22-8-4-3-5-9-22)16-23(26)24-10-12-30-17-21-7-6-11-29-21/h3-9,11,13-15H,10,12,16-17H2,1-2H3,(H,24,26). The lowest BCUT2D eigenvalue weighted by molar-refractivity contribution is -0.119. The van der Waals surface area contributed by atoms with E-state index in [9.17, 15) is 13.2 Å². The summed E-state index contributed by atoms with van der Waals surface area (Å²) in [6.45, 7) is 3.96. The largest absolute Gasteiger partial charge is 0.468 e. The number of carbonyl (C=O) groups is 1. The van der Waals surface area contributed by atoms with E-state index in [2.05, 4.69) is 5.32 Å². The molecule has 3 rings (SSSR count). The Morgan fingerprint density at radius 2 is 1.74 bits per heavy atom. The van der Waals surface area contributed by atoms with Crippen LogP contribution in [0.4, 0.5) is 5.69 Å². The molecular weight excluding hydrogens is 432 g/mol. The van der Waals surface area contributed by atoms with Gasteiger partial charge < -0.3 is 9.73 Å². The van der Waals surface area contributed by atoms with Crippen LogP contribution in [0, 0.1) is 13.8 Å². The zero-order valence-corrected chi connectivity index (χ0v) is 19.2. The van der Waals surface area contributed by atoms with E-state index in [1.165, 1.54) is 16.4 Å². The van der Waals surface area contributed by atoms with Crippen LogP contribution in [0.25, 0.3) is 0 Å². The number of nitrogens with zero attached hydrogens (tertiary/aromatic N) is 1. The molecule has 0 radical (unpaired) electrons. The number of anilines is 1.